The highest BCUT2D eigenvalue weighted by Crippen LogP contribution is 2.25. The first-order chi connectivity index (χ1) is 6.11. The maximum Gasteiger partial charge on any atom is 0.707 e. The van der Waals surface area contributed by atoms with Gasteiger partial charge in [-0.25, -0.2) is 0 Å². The second-order valence-electron chi connectivity index (χ2n) is 2.27. The van der Waals surface area contributed by atoms with Gasteiger partial charge in [-0.3, -0.25) is 0 Å². The van der Waals surface area contributed by atoms with Gasteiger partial charge in [0.05, 0.1) is 7.11 Å². The SMILES string of the molecule is COc1cc(Cl)cc(OB(O)O)c1. The Kier molecular flexibility index (Phi) is 3.42. The average molecular weight is 202 g/mol. The van der Waals surface area contributed by atoms with E-state index in [4.69, 9.17) is 26.4 Å². The molecule has 0 aliphatic carbocycles. The van der Waals surface area contributed by atoms with E-state index in [2.05, 4.69) is 4.65 Å². The van der Waals surface area contributed by atoms with Crippen LogP contribution in [0.15, 0.2) is 18.2 Å². The number of halogens is 1. The van der Waals surface area contributed by atoms with Gasteiger partial charge in [0, 0.05) is 11.1 Å². The van der Waals surface area contributed by atoms with Crippen molar-refractivity contribution in [1.29, 1.82) is 0 Å². The van der Waals surface area contributed by atoms with Crippen LogP contribution in [0, 0.1) is 0 Å². The van der Waals surface area contributed by atoms with E-state index in [1.807, 2.05) is 0 Å². The van der Waals surface area contributed by atoms with Gasteiger partial charge in [0.2, 0.25) is 0 Å². The fourth-order valence-corrected chi connectivity index (χ4v) is 1.06. The van der Waals surface area contributed by atoms with Gasteiger partial charge in [-0.2, -0.15) is 0 Å². The molecule has 1 rings (SSSR count). The second-order valence-corrected chi connectivity index (χ2v) is 2.71. The zero-order valence-corrected chi connectivity index (χ0v) is 7.65. The Morgan fingerprint density at radius 1 is 1.23 bits per heavy atom. The van der Waals surface area contributed by atoms with Crippen LogP contribution in [0.3, 0.4) is 0 Å². The van der Waals surface area contributed by atoms with E-state index in [0.29, 0.717) is 10.8 Å². The first-order valence-corrected chi connectivity index (χ1v) is 3.87. The highest BCUT2D eigenvalue weighted by molar-refractivity contribution is 6.34. The van der Waals surface area contributed by atoms with E-state index < -0.39 is 7.32 Å². The van der Waals surface area contributed by atoms with Crippen molar-refractivity contribution in [1.82, 2.24) is 0 Å². The number of methoxy groups -OCH3 is 1. The van der Waals surface area contributed by atoms with Gasteiger partial charge in [-0.15, -0.1) is 0 Å². The third-order valence-electron chi connectivity index (χ3n) is 1.32. The maximum atomic E-state index is 8.51. The van der Waals surface area contributed by atoms with Crippen molar-refractivity contribution in [3.8, 4) is 11.5 Å². The molecule has 0 saturated carbocycles. The molecule has 0 atom stereocenters. The molecule has 1 aromatic rings. The van der Waals surface area contributed by atoms with E-state index in [-0.39, 0.29) is 5.75 Å². The van der Waals surface area contributed by atoms with Gasteiger partial charge in [-0.1, -0.05) is 11.6 Å². The smallest absolute Gasteiger partial charge is 0.512 e. The molecule has 1 aromatic carbocycles. The molecule has 0 saturated heterocycles. The Hall–Kier alpha value is -0.905. The fraction of sp³-hybridized carbons (Fsp3) is 0.143. The van der Waals surface area contributed by atoms with Crippen molar-refractivity contribution in [3.63, 3.8) is 0 Å². The van der Waals surface area contributed by atoms with Crippen LogP contribution < -0.4 is 9.39 Å². The lowest BCUT2D eigenvalue weighted by molar-refractivity contribution is 0.287. The molecular weight excluding hydrogens is 194 g/mol. The molecule has 0 spiro atoms. The minimum absolute atomic E-state index is 0.236. The molecule has 0 radical (unpaired) electrons. The van der Waals surface area contributed by atoms with Gasteiger partial charge in [-0.05, 0) is 12.1 Å². The third-order valence-corrected chi connectivity index (χ3v) is 1.54. The van der Waals surface area contributed by atoms with Crippen molar-refractivity contribution < 1.29 is 19.4 Å². The summed E-state index contributed by atoms with van der Waals surface area (Å²) in [4.78, 5) is 0. The zero-order chi connectivity index (χ0) is 9.84. The van der Waals surface area contributed by atoms with Gasteiger partial charge in [0.15, 0.2) is 0 Å². The minimum Gasteiger partial charge on any atom is -0.512 e. The summed E-state index contributed by atoms with van der Waals surface area (Å²) >= 11 is 5.69. The molecule has 13 heavy (non-hydrogen) atoms. The van der Waals surface area contributed by atoms with Crippen LogP contribution in [0.5, 0.6) is 11.5 Å². The van der Waals surface area contributed by atoms with E-state index in [1.54, 1.807) is 6.07 Å². The third kappa shape index (κ3) is 3.14. The first kappa shape index (κ1) is 10.2. The van der Waals surface area contributed by atoms with Crippen LogP contribution in [0.1, 0.15) is 0 Å². The highest BCUT2D eigenvalue weighted by atomic mass is 35.5. The summed E-state index contributed by atoms with van der Waals surface area (Å²) in [5.41, 5.74) is 0. The summed E-state index contributed by atoms with van der Waals surface area (Å²) in [6, 6.07) is 4.52. The Labute approximate surface area is 80.8 Å². The second kappa shape index (κ2) is 4.36. The fourth-order valence-electron chi connectivity index (χ4n) is 0.845. The molecule has 0 bridgehead atoms. The lowest BCUT2D eigenvalue weighted by Gasteiger charge is -2.07. The summed E-state index contributed by atoms with van der Waals surface area (Å²) in [7, 11) is -0.381. The van der Waals surface area contributed by atoms with E-state index >= 15 is 0 Å². The summed E-state index contributed by atoms with van der Waals surface area (Å²) in [6.45, 7) is 0. The Morgan fingerprint density at radius 3 is 2.38 bits per heavy atom. The van der Waals surface area contributed by atoms with Crippen LogP contribution in [-0.2, 0) is 0 Å². The van der Waals surface area contributed by atoms with Gasteiger partial charge in [0.25, 0.3) is 0 Å². The molecular formula is C7H8BClO4. The Bertz CT molecular complexity index is 292. The molecule has 6 heteroatoms. The molecule has 4 nitrogen and oxygen atoms in total. The number of benzene rings is 1. The molecule has 0 amide bonds. The van der Waals surface area contributed by atoms with Crippen LogP contribution in [-0.4, -0.2) is 24.5 Å². The van der Waals surface area contributed by atoms with Crippen LogP contribution in [0.25, 0.3) is 0 Å². The number of rotatable bonds is 3. The van der Waals surface area contributed by atoms with Gasteiger partial charge in [0.1, 0.15) is 11.5 Å². The van der Waals surface area contributed by atoms with E-state index in [9.17, 15) is 0 Å². The molecule has 0 fully saturated rings. The number of hydrogen-bond donors (Lipinski definition) is 2. The summed E-state index contributed by atoms with van der Waals surface area (Å²) in [6.07, 6.45) is 0. The van der Waals surface area contributed by atoms with Gasteiger partial charge < -0.3 is 19.4 Å². The standard InChI is InChI=1S/C7H8BClO4/c1-12-6-2-5(9)3-7(4-6)13-8(10)11/h2-4,10-11H,1H3. The van der Waals surface area contributed by atoms with Crippen LogP contribution in [0.2, 0.25) is 5.02 Å². The topological polar surface area (TPSA) is 58.9 Å². The predicted molar refractivity (Wildman–Crippen MR) is 48.8 cm³/mol. The zero-order valence-electron chi connectivity index (χ0n) is 6.90. The first-order valence-electron chi connectivity index (χ1n) is 3.49. The number of hydrogen-bond acceptors (Lipinski definition) is 4. The summed E-state index contributed by atoms with van der Waals surface area (Å²) in [5.74, 6) is 0.725. The predicted octanol–water partition coefficient (Wildman–Crippen LogP) is 0.697. The van der Waals surface area contributed by atoms with Crippen molar-refractivity contribution >= 4 is 18.9 Å². The molecule has 70 valence electrons. The Balaban J connectivity index is 2.88. The normalized spacial score (nSPS) is 9.54. The molecule has 0 aliphatic heterocycles. The van der Waals surface area contributed by atoms with Crippen molar-refractivity contribution in [2.24, 2.45) is 0 Å². The average Bonchev–Trinajstić information content (AvgIpc) is 2.01. The van der Waals surface area contributed by atoms with Gasteiger partial charge >= 0.3 is 7.32 Å². The lowest BCUT2D eigenvalue weighted by Crippen LogP contribution is -2.20. The molecule has 0 aliphatic rings. The van der Waals surface area contributed by atoms with E-state index in [0.717, 1.165) is 0 Å². The maximum absolute atomic E-state index is 8.51. The largest absolute Gasteiger partial charge is 0.707 e. The molecule has 0 unspecified atom stereocenters. The van der Waals surface area contributed by atoms with Crippen molar-refractivity contribution in [3.05, 3.63) is 23.2 Å². The molecule has 0 heterocycles. The van der Waals surface area contributed by atoms with E-state index in [1.165, 1.54) is 19.2 Å². The molecule has 0 aromatic heterocycles. The monoisotopic (exact) mass is 202 g/mol. The number of ether oxygens (including phenoxy) is 1. The molecule has 2 N–H and O–H groups in total. The van der Waals surface area contributed by atoms with Crippen molar-refractivity contribution in [2.45, 2.75) is 0 Å². The minimum atomic E-state index is -1.86. The van der Waals surface area contributed by atoms with Crippen molar-refractivity contribution in [2.75, 3.05) is 7.11 Å². The quantitative estimate of drug-likeness (QED) is 0.708. The lowest BCUT2D eigenvalue weighted by atomic mass is 10.2. The van der Waals surface area contributed by atoms with Crippen LogP contribution >= 0.6 is 11.6 Å². The Morgan fingerprint density at radius 2 is 1.85 bits per heavy atom. The summed E-state index contributed by atoms with van der Waals surface area (Å²) in [5, 5.41) is 17.4. The highest BCUT2D eigenvalue weighted by Gasteiger charge is 2.12. The van der Waals surface area contributed by atoms with Crippen LogP contribution in [0.4, 0.5) is 0 Å². The summed E-state index contributed by atoms with van der Waals surface area (Å²) < 4.78 is 9.47.